The molecule has 0 aliphatic heterocycles. The number of hydrogen-bond donors (Lipinski definition) is 2. The minimum Gasteiger partial charge on any atom is -0.382 e. The van der Waals surface area contributed by atoms with E-state index in [-0.39, 0.29) is 17.4 Å². The fourth-order valence-electron chi connectivity index (χ4n) is 1.92. The highest BCUT2D eigenvalue weighted by Crippen LogP contribution is 2.39. The molecule has 0 saturated heterocycles. The Morgan fingerprint density at radius 1 is 1.50 bits per heavy atom. The third kappa shape index (κ3) is 2.93. The number of carbonyl (C=O) groups excluding carboxylic acids is 1. The van der Waals surface area contributed by atoms with Gasteiger partial charge in [-0.15, -0.1) is 0 Å². The van der Waals surface area contributed by atoms with Gasteiger partial charge in [-0.05, 0) is 12.8 Å². The summed E-state index contributed by atoms with van der Waals surface area (Å²) in [6, 6.07) is 0. The Morgan fingerprint density at radius 2 is 2.19 bits per heavy atom. The van der Waals surface area contributed by atoms with Gasteiger partial charge in [-0.3, -0.25) is 4.79 Å². The van der Waals surface area contributed by atoms with Crippen LogP contribution in [0.15, 0.2) is 0 Å². The van der Waals surface area contributed by atoms with Crippen LogP contribution < -0.4 is 11.1 Å². The summed E-state index contributed by atoms with van der Waals surface area (Å²) in [4.78, 5) is 11.9. The quantitative estimate of drug-likeness (QED) is 0.640. The Kier molecular flexibility index (Phi) is 5.18. The van der Waals surface area contributed by atoms with Crippen molar-refractivity contribution in [2.24, 2.45) is 11.1 Å². The predicted molar refractivity (Wildman–Crippen MR) is 61.0 cm³/mol. The molecule has 1 aliphatic carbocycles. The lowest BCUT2D eigenvalue weighted by atomic mass is 9.68. The smallest absolute Gasteiger partial charge is 0.227 e. The van der Waals surface area contributed by atoms with Gasteiger partial charge in [0.05, 0.1) is 18.1 Å². The summed E-state index contributed by atoms with van der Waals surface area (Å²) < 4.78 is 10.1. The summed E-state index contributed by atoms with van der Waals surface area (Å²) in [5.74, 6) is 0.0550. The normalized spacial score (nSPS) is 19.9. The molecule has 1 aliphatic rings. The second kappa shape index (κ2) is 6.18. The van der Waals surface area contributed by atoms with E-state index < -0.39 is 0 Å². The summed E-state index contributed by atoms with van der Waals surface area (Å²) in [7, 11) is 3.22. The minimum atomic E-state index is -0.314. The molecule has 16 heavy (non-hydrogen) atoms. The molecule has 1 unspecified atom stereocenters. The maximum Gasteiger partial charge on any atom is 0.227 e. The molecule has 0 bridgehead atoms. The van der Waals surface area contributed by atoms with Crippen molar-refractivity contribution in [2.75, 3.05) is 33.9 Å². The van der Waals surface area contributed by atoms with Crippen LogP contribution in [0.4, 0.5) is 0 Å². The summed E-state index contributed by atoms with van der Waals surface area (Å²) in [5, 5.41) is 2.89. The van der Waals surface area contributed by atoms with Crippen LogP contribution in [0.3, 0.4) is 0 Å². The average molecular weight is 230 g/mol. The standard InChI is InChI=1S/C11H22N2O3/c1-15-7-9(16-2)6-13-10(14)11(8-12)4-3-5-11/h9H,3-8,12H2,1-2H3,(H,13,14). The van der Waals surface area contributed by atoms with Gasteiger partial charge < -0.3 is 20.5 Å². The van der Waals surface area contributed by atoms with Crippen LogP contribution in [-0.2, 0) is 14.3 Å². The molecule has 94 valence electrons. The van der Waals surface area contributed by atoms with E-state index in [2.05, 4.69) is 5.32 Å². The predicted octanol–water partition coefficient (Wildman–Crippen LogP) is -0.107. The lowest BCUT2D eigenvalue weighted by Crippen LogP contribution is -2.52. The molecule has 1 fully saturated rings. The second-order valence-corrected chi connectivity index (χ2v) is 4.36. The van der Waals surface area contributed by atoms with E-state index in [9.17, 15) is 4.79 Å². The van der Waals surface area contributed by atoms with Crippen molar-refractivity contribution < 1.29 is 14.3 Å². The van der Waals surface area contributed by atoms with E-state index in [1.54, 1.807) is 14.2 Å². The van der Waals surface area contributed by atoms with Crippen LogP contribution in [-0.4, -0.2) is 45.9 Å². The monoisotopic (exact) mass is 230 g/mol. The van der Waals surface area contributed by atoms with Crippen LogP contribution >= 0.6 is 0 Å². The lowest BCUT2D eigenvalue weighted by Gasteiger charge is -2.39. The topological polar surface area (TPSA) is 73.6 Å². The number of rotatable bonds is 7. The van der Waals surface area contributed by atoms with Crippen LogP contribution in [0.5, 0.6) is 0 Å². The van der Waals surface area contributed by atoms with Crippen LogP contribution in [0.25, 0.3) is 0 Å². The molecular formula is C11H22N2O3. The second-order valence-electron chi connectivity index (χ2n) is 4.36. The number of ether oxygens (including phenoxy) is 2. The summed E-state index contributed by atoms with van der Waals surface area (Å²) in [6.07, 6.45) is 2.80. The van der Waals surface area contributed by atoms with Crippen LogP contribution in [0.1, 0.15) is 19.3 Å². The molecule has 1 rings (SSSR count). The van der Waals surface area contributed by atoms with Crippen LogP contribution in [0, 0.1) is 5.41 Å². The highest BCUT2D eigenvalue weighted by Gasteiger charge is 2.42. The van der Waals surface area contributed by atoms with Gasteiger partial charge in [0.25, 0.3) is 0 Å². The van der Waals surface area contributed by atoms with Crippen molar-refractivity contribution in [1.29, 1.82) is 0 Å². The molecular weight excluding hydrogens is 208 g/mol. The average Bonchev–Trinajstić information content (AvgIpc) is 2.23. The molecule has 0 radical (unpaired) electrons. The van der Waals surface area contributed by atoms with Gasteiger partial charge in [0.2, 0.25) is 5.91 Å². The van der Waals surface area contributed by atoms with E-state index in [4.69, 9.17) is 15.2 Å². The third-order valence-corrected chi connectivity index (χ3v) is 3.36. The van der Waals surface area contributed by atoms with Gasteiger partial charge in [0.15, 0.2) is 0 Å². The lowest BCUT2D eigenvalue weighted by molar-refractivity contribution is -0.135. The van der Waals surface area contributed by atoms with E-state index in [1.165, 1.54) is 0 Å². The first-order chi connectivity index (χ1) is 7.68. The number of methoxy groups -OCH3 is 2. The summed E-state index contributed by atoms with van der Waals surface area (Å²) in [5.41, 5.74) is 5.34. The third-order valence-electron chi connectivity index (χ3n) is 3.36. The number of amides is 1. The van der Waals surface area contributed by atoms with Crippen molar-refractivity contribution in [1.82, 2.24) is 5.32 Å². The Hall–Kier alpha value is -0.650. The number of nitrogens with one attached hydrogen (secondary N) is 1. The summed E-state index contributed by atoms with van der Waals surface area (Å²) >= 11 is 0. The molecule has 0 aromatic carbocycles. The minimum absolute atomic E-state index is 0.0550. The fraction of sp³-hybridized carbons (Fsp3) is 0.909. The first-order valence-corrected chi connectivity index (χ1v) is 5.68. The van der Waals surface area contributed by atoms with Gasteiger partial charge >= 0.3 is 0 Å². The Morgan fingerprint density at radius 3 is 2.56 bits per heavy atom. The Bertz CT molecular complexity index is 224. The van der Waals surface area contributed by atoms with Crippen LogP contribution in [0.2, 0.25) is 0 Å². The van der Waals surface area contributed by atoms with E-state index in [1.807, 2.05) is 0 Å². The molecule has 1 saturated carbocycles. The zero-order chi connectivity index (χ0) is 12.0. The zero-order valence-corrected chi connectivity index (χ0v) is 10.1. The summed E-state index contributed by atoms with van der Waals surface area (Å²) in [6.45, 7) is 1.39. The first kappa shape index (κ1) is 13.4. The number of hydrogen-bond acceptors (Lipinski definition) is 4. The van der Waals surface area contributed by atoms with Gasteiger partial charge in [-0.25, -0.2) is 0 Å². The molecule has 0 heterocycles. The van der Waals surface area contributed by atoms with E-state index in [0.717, 1.165) is 19.3 Å². The number of nitrogens with two attached hydrogens (primary N) is 1. The van der Waals surface area contributed by atoms with Crippen molar-refractivity contribution in [3.05, 3.63) is 0 Å². The fourth-order valence-corrected chi connectivity index (χ4v) is 1.92. The highest BCUT2D eigenvalue weighted by atomic mass is 16.5. The maximum atomic E-state index is 11.9. The zero-order valence-electron chi connectivity index (χ0n) is 10.1. The first-order valence-electron chi connectivity index (χ1n) is 5.68. The van der Waals surface area contributed by atoms with Gasteiger partial charge in [0, 0.05) is 27.3 Å². The van der Waals surface area contributed by atoms with Gasteiger partial charge in [-0.2, -0.15) is 0 Å². The molecule has 5 heteroatoms. The molecule has 0 aromatic heterocycles. The Labute approximate surface area is 96.7 Å². The molecule has 0 aromatic rings. The van der Waals surface area contributed by atoms with Gasteiger partial charge in [-0.1, -0.05) is 6.42 Å². The van der Waals surface area contributed by atoms with Crippen molar-refractivity contribution in [3.8, 4) is 0 Å². The van der Waals surface area contributed by atoms with Crippen molar-refractivity contribution in [2.45, 2.75) is 25.4 Å². The molecule has 3 N–H and O–H groups in total. The maximum absolute atomic E-state index is 11.9. The molecule has 1 atom stereocenters. The highest BCUT2D eigenvalue weighted by molar-refractivity contribution is 5.83. The molecule has 1 amide bonds. The Balaban J connectivity index is 2.33. The van der Waals surface area contributed by atoms with E-state index >= 15 is 0 Å². The largest absolute Gasteiger partial charge is 0.382 e. The molecule has 5 nitrogen and oxygen atoms in total. The van der Waals surface area contributed by atoms with Crippen molar-refractivity contribution >= 4 is 5.91 Å². The molecule has 0 spiro atoms. The van der Waals surface area contributed by atoms with Gasteiger partial charge in [0.1, 0.15) is 0 Å². The van der Waals surface area contributed by atoms with E-state index in [0.29, 0.717) is 19.7 Å². The van der Waals surface area contributed by atoms with Crippen molar-refractivity contribution in [3.63, 3.8) is 0 Å². The SMILES string of the molecule is COCC(CNC(=O)C1(CN)CCC1)OC. The number of carbonyl (C=O) groups is 1.